The van der Waals surface area contributed by atoms with E-state index in [1.807, 2.05) is 43.3 Å². The minimum Gasteiger partial charge on any atom is -0.479 e. The summed E-state index contributed by atoms with van der Waals surface area (Å²) in [5, 5.41) is 35.8. The van der Waals surface area contributed by atoms with Crippen LogP contribution in [0.2, 0.25) is 0 Å². The van der Waals surface area contributed by atoms with Crippen LogP contribution in [0.5, 0.6) is 0 Å². The Morgan fingerprint density at radius 2 is 1.32 bits per heavy atom. The lowest BCUT2D eigenvalue weighted by molar-refractivity contribution is -0.192. The zero-order valence-electron chi connectivity index (χ0n) is 21.7. The Bertz CT molecular complexity index is 970. The third-order valence-electron chi connectivity index (χ3n) is 5.90. The van der Waals surface area contributed by atoms with Gasteiger partial charge in [-0.3, -0.25) is 5.32 Å². The molecule has 0 aromatic heterocycles. The highest BCUT2D eigenvalue weighted by Gasteiger charge is 2.61. The number of nitrogens with one attached hydrogen (secondary N) is 2. The van der Waals surface area contributed by atoms with E-state index in [4.69, 9.17) is 9.47 Å². The predicted octanol–water partition coefficient (Wildman–Crippen LogP) is 1.98. The zero-order chi connectivity index (χ0) is 28.0. The van der Waals surface area contributed by atoms with Gasteiger partial charge in [0.05, 0.1) is 13.2 Å². The lowest BCUT2D eigenvalue weighted by Gasteiger charge is -2.39. The smallest absolute Gasteiger partial charge is 0.347 e. The monoisotopic (exact) mass is 531 g/mol. The Kier molecular flexibility index (Phi) is 12.8. The van der Waals surface area contributed by atoms with Gasteiger partial charge in [-0.1, -0.05) is 74.5 Å². The number of carboxylic acid groups (broad SMARTS) is 3. The van der Waals surface area contributed by atoms with Gasteiger partial charge < -0.3 is 30.1 Å². The van der Waals surface area contributed by atoms with E-state index in [1.54, 1.807) is 24.3 Å². The molecule has 0 heterocycles. The fourth-order valence-electron chi connectivity index (χ4n) is 3.93. The van der Waals surface area contributed by atoms with E-state index in [1.165, 1.54) is 6.92 Å². The Balaban J connectivity index is 2.22. The number of nitrogens with zero attached hydrogens (tertiary/aromatic N) is 1. The molecule has 0 fully saturated rings. The summed E-state index contributed by atoms with van der Waals surface area (Å²) in [4.78, 5) is 37.1. The largest absolute Gasteiger partial charge is 0.479 e. The third kappa shape index (κ3) is 8.33. The fourth-order valence-corrected chi connectivity index (χ4v) is 3.93. The van der Waals surface area contributed by atoms with Crippen LogP contribution in [-0.2, 0) is 37.1 Å². The van der Waals surface area contributed by atoms with Gasteiger partial charge in [-0.05, 0) is 24.1 Å². The molecule has 11 nitrogen and oxygen atoms in total. The third-order valence-corrected chi connectivity index (χ3v) is 5.90. The van der Waals surface area contributed by atoms with Crippen molar-refractivity contribution in [2.24, 2.45) is 0 Å². The van der Waals surface area contributed by atoms with Gasteiger partial charge in [-0.25, -0.2) is 19.3 Å². The van der Waals surface area contributed by atoms with Gasteiger partial charge in [0.1, 0.15) is 12.5 Å². The van der Waals surface area contributed by atoms with Crippen molar-refractivity contribution in [3.05, 3.63) is 71.8 Å². The van der Waals surface area contributed by atoms with Crippen LogP contribution in [0.3, 0.4) is 0 Å². The number of hydrogen-bond donors (Lipinski definition) is 5. The Morgan fingerprint density at radius 3 is 1.76 bits per heavy atom. The summed E-state index contributed by atoms with van der Waals surface area (Å²) in [6.07, 6.45) is -0.747. The van der Waals surface area contributed by atoms with Gasteiger partial charge in [0, 0.05) is 19.6 Å². The summed E-state index contributed by atoms with van der Waals surface area (Å²) in [5.74, 6) is -6.04. The van der Waals surface area contributed by atoms with Crippen molar-refractivity contribution in [3.63, 3.8) is 0 Å². The van der Waals surface area contributed by atoms with Crippen molar-refractivity contribution in [2.45, 2.75) is 51.5 Å². The van der Waals surface area contributed by atoms with Crippen LogP contribution in [0.4, 0.5) is 0 Å². The van der Waals surface area contributed by atoms with E-state index in [-0.39, 0.29) is 26.2 Å². The first-order valence-corrected chi connectivity index (χ1v) is 12.5. The van der Waals surface area contributed by atoms with Crippen molar-refractivity contribution in [2.75, 3.05) is 26.2 Å². The van der Waals surface area contributed by atoms with Crippen molar-refractivity contribution in [3.8, 4) is 0 Å². The minimum atomic E-state index is -3.23. The molecule has 2 aromatic rings. The number of likely N-dealkylation sites (N-methyl/N-ethyl adjacent to an activating group) is 1. The molecule has 0 bridgehead atoms. The lowest BCUT2D eigenvalue weighted by atomic mass is 9.96. The maximum absolute atomic E-state index is 12.1. The molecule has 0 aliphatic heterocycles. The van der Waals surface area contributed by atoms with Crippen LogP contribution < -0.4 is 10.6 Å². The first-order valence-electron chi connectivity index (χ1n) is 12.5. The van der Waals surface area contributed by atoms with Crippen molar-refractivity contribution < 1.29 is 39.2 Å². The maximum atomic E-state index is 12.1. The summed E-state index contributed by atoms with van der Waals surface area (Å²) in [6.45, 7) is 4.57. The van der Waals surface area contributed by atoms with E-state index < -0.39 is 35.9 Å². The lowest BCUT2D eigenvalue weighted by Crippen LogP contribution is -2.69. The number of hydrogen-bond acceptors (Lipinski definition) is 8. The van der Waals surface area contributed by atoms with Gasteiger partial charge in [0.25, 0.3) is 0 Å². The molecular formula is C27H37N3O8. The van der Waals surface area contributed by atoms with Gasteiger partial charge in [-0.15, -0.1) is 0 Å². The molecule has 2 rings (SSSR count). The zero-order valence-corrected chi connectivity index (χ0v) is 21.7. The molecule has 2 unspecified atom stereocenters. The number of benzene rings is 2. The summed E-state index contributed by atoms with van der Waals surface area (Å²) < 4.78 is 11.9. The molecular weight excluding hydrogens is 494 g/mol. The summed E-state index contributed by atoms with van der Waals surface area (Å²) in [7, 11) is 0. The van der Waals surface area contributed by atoms with Crippen molar-refractivity contribution in [1.82, 2.24) is 15.5 Å². The van der Waals surface area contributed by atoms with E-state index in [0.717, 1.165) is 22.4 Å². The normalized spacial score (nSPS) is 13.2. The standard InChI is InChI=1S/C27H37N3O8/c1-3-15-29-22(37-18-20-11-7-5-8-12-20)16-28-17-23(38-19-21-13-9-6-10-14-21)30(4-2)27(24(31)32,25(33)34)26(35)36/h5-14,22-23,28-29H,3-4,15-19H2,1-2H3,(H,31,32)(H,33,34)(H,35,36). The number of aliphatic carboxylic acids is 3. The van der Waals surface area contributed by atoms with Crippen LogP contribution in [0.15, 0.2) is 60.7 Å². The first kappa shape index (κ1) is 30.9. The van der Waals surface area contributed by atoms with Crippen LogP contribution in [0, 0.1) is 0 Å². The Labute approximate surface area is 222 Å². The molecule has 11 heteroatoms. The summed E-state index contributed by atoms with van der Waals surface area (Å²) in [5.41, 5.74) is -1.48. The second-order valence-corrected chi connectivity index (χ2v) is 8.56. The minimum absolute atomic E-state index is 0.0145. The average Bonchev–Trinajstić information content (AvgIpc) is 2.91. The number of ether oxygens (including phenoxy) is 2. The molecule has 2 atom stereocenters. The molecule has 208 valence electrons. The van der Waals surface area contributed by atoms with E-state index in [0.29, 0.717) is 13.2 Å². The van der Waals surface area contributed by atoms with Gasteiger partial charge >= 0.3 is 23.4 Å². The maximum Gasteiger partial charge on any atom is 0.347 e. The highest BCUT2D eigenvalue weighted by Crippen LogP contribution is 2.22. The van der Waals surface area contributed by atoms with Crippen molar-refractivity contribution in [1.29, 1.82) is 0 Å². The molecule has 38 heavy (non-hydrogen) atoms. The average molecular weight is 532 g/mol. The second kappa shape index (κ2) is 15.8. The Morgan fingerprint density at radius 1 is 0.816 bits per heavy atom. The number of rotatable bonds is 19. The SMILES string of the molecule is CCCNC(CNCC(OCc1ccccc1)N(CC)C(C(=O)O)(C(=O)O)C(=O)O)OCc1ccccc1. The topological polar surface area (TPSA) is 158 Å². The first-order chi connectivity index (χ1) is 18.3. The number of carboxylic acids is 3. The molecule has 0 radical (unpaired) electrons. The second-order valence-electron chi connectivity index (χ2n) is 8.56. The van der Waals surface area contributed by atoms with E-state index >= 15 is 0 Å². The van der Waals surface area contributed by atoms with Gasteiger partial charge in [0.15, 0.2) is 0 Å². The molecule has 0 amide bonds. The predicted molar refractivity (Wildman–Crippen MR) is 139 cm³/mol. The fraction of sp³-hybridized carbons (Fsp3) is 0.444. The summed E-state index contributed by atoms with van der Waals surface area (Å²) >= 11 is 0. The van der Waals surface area contributed by atoms with Gasteiger partial charge in [-0.2, -0.15) is 0 Å². The molecule has 0 saturated heterocycles. The molecule has 0 aliphatic rings. The summed E-state index contributed by atoms with van der Waals surface area (Å²) in [6, 6.07) is 18.6. The van der Waals surface area contributed by atoms with E-state index in [9.17, 15) is 29.7 Å². The molecule has 0 saturated carbocycles. The number of carbonyl (C=O) groups is 3. The molecule has 2 aromatic carbocycles. The quantitative estimate of drug-likeness (QED) is 0.133. The highest BCUT2D eigenvalue weighted by atomic mass is 16.5. The van der Waals surface area contributed by atoms with Crippen LogP contribution in [0.25, 0.3) is 0 Å². The van der Waals surface area contributed by atoms with Gasteiger partial charge in [0.2, 0.25) is 0 Å². The molecule has 5 N–H and O–H groups in total. The van der Waals surface area contributed by atoms with Crippen molar-refractivity contribution >= 4 is 17.9 Å². The van der Waals surface area contributed by atoms with Crippen LogP contribution >= 0.6 is 0 Å². The van der Waals surface area contributed by atoms with Crippen LogP contribution in [-0.4, -0.2) is 82.3 Å². The van der Waals surface area contributed by atoms with E-state index in [2.05, 4.69) is 10.6 Å². The molecule has 0 aliphatic carbocycles. The van der Waals surface area contributed by atoms with Crippen LogP contribution in [0.1, 0.15) is 31.4 Å². The Hall–Kier alpha value is -3.35. The highest BCUT2D eigenvalue weighted by molar-refractivity contribution is 6.21. The molecule has 0 spiro atoms.